The van der Waals surface area contributed by atoms with Crippen molar-refractivity contribution in [2.75, 3.05) is 5.32 Å². The van der Waals surface area contributed by atoms with E-state index in [0.29, 0.717) is 11.4 Å². The molecule has 6 nitrogen and oxygen atoms in total. The number of nitrogens with one attached hydrogen (secondary N) is 1. The summed E-state index contributed by atoms with van der Waals surface area (Å²) in [6, 6.07) is 9.23. The van der Waals surface area contributed by atoms with E-state index in [1.807, 2.05) is 18.2 Å². The number of nitrogens with zero attached hydrogens (tertiary/aromatic N) is 2. The van der Waals surface area contributed by atoms with Crippen LogP contribution in [0.2, 0.25) is 0 Å². The van der Waals surface area contributed by atoms with Gasteiger partial charge in [0.2, 0.25) is 0 Å². The Morgan fingerprint density at radius 3 is 2.50 bits per heavy atom. The summed E-state index contributed by atoms with van der Waals surface area (Å²) in [7, 11) is 0. The van der Waals surface area contributed by atoms with Crippen LogP contribution in [0.4, 0.5) is 10.5 Å². The summed E-state index contributed by atoms with van der Waals surface area (Å²) in [6.45, 7) is 5.42. The zero-order chi connectivity index (χ0) is 18.8. The monoisotopic (exact) mass is 355 g/mol. The highest BCUT2D eigenvalue weighted by molar-refractivity contribution is 5.84. The van der Waals surface area contributed by atoms with E-state index in [1.165, 1.54) is 6.20 Å². The third-order valence-corrected chi connectivity index (χ3v) is 4.66. The predicted octanol–water partition coefficient (Wildman–Crippen LogP) is 3.98. The number of ether oxygens (including phenoxy) is 1. The van der Waals surface area contributed by atoms with Gasteiger partial charge >= 0.3 is 6.09 Å². The number of pyridine rings is 2. The van der Waals surface area contributed by atoms with Gasteiger partial charge < -0.3 is 9.84 Å². The number of carbonyl (C=O) groups excluding carboxylic acids is 1. The van der Waals surface area contributed by atoms with Crippen LogP contribution in [0.25, 0.3) is 0 Å². The Morgan fingerprint density at radius 2 is 2.00 bits per heavy atom. The second kappa shape index (κ2) is 7.03. The molecule has 0 spiro atoms. The van der Waals surface area contributed by atoms with Gasteiger partial charge in [-0.05, 0) is 57.9 Å². The summed E-state index contributed by atoms with van der Waals surface area (Å²) >= 11 is 0. The number of aromatic nitrogens is 2. The molecule has 0 bridgehead atoms. The number of rotatable bonds is 4. The lowest BCUT2D eigenvalue weighted by Crippen LogP contribution is -2.41. The Bertz CT molecular complexity index is 750. The van der Waals surface area contributed by atoms with Gasteiger partial charge in [-0.3, -0.25) is 15.3 Å². The first-order valence-electron chi connectivity index (χ1n) is 8.86. The summed E-state index contributed by atoms with van der Waals surface area (Å²) in [5.41, 5.74) is 1.05. The molecule has 0 saturated heterocycles. The van der Waals surface area contributed by atoms with Crippen LogP contribution in [0.15, 0.2) is 42.7 Å². The number of amides is 1. The molecule has 6 heteroatoms. The van der Waals surface area contributed by atoms with Gasteiger partial charge in [0.05, 0.1) is 17.6 Å². The van der Waals surface area contributed by atoms with Crippen LogP contribution < -0.4 is 5.32 Å². The van der Waals surface area contributed by atoms with Crippen LogP contribution in [0.5, 0.6) is 0 Å². The van der Waals surface area contributed by atoms with Crippen LogP contribution in [0, 0.1) is 0 Å². The van der Waals surface area contributed by atoms with E-state index in [1.54, 1.807) is 39.1 Å². The van der Waals surface area contributed by atoms with Crippen molar-refractivity contribution in [3.8, 4) is 0 Å². The molecular formula is C20H25N3O3. The van der Waals surface area contributed by atoms with Gasteiger partial charge in [-0.1, -0.05) is 12.5 Å². The number of anilines is 1. The molecule has 2 aromatic rings. The van der Waals surface area contributed by atoms with Crippen molar-refractivity contribution in [3.63, 3.8) is 0 Å². The van der Waals surface area contributed by atoms with E-state index in [-0.39, 0.29) is 5.41 Å². The van der Waals surface area contributed by atoms with Gasteiger partial charge in [0, 0.05) is 17.3 Å². The molecule has 138 valence electrons. The van der Waals surface area contributed by atoms with Crippen LogP contribution >= 0.6 is 0 Å². The zero-order valence-electron chi connectivity index (χ0n) is 15.4. The van der Waals surface area contributed by atoms with Crippen molar-refractivity contribution >= 4 is 11.8 Å². The fourth-order valence-corrected chi connectivity index (χ4v) is 3.23. The average molecular weight is 355 g/mol. The maximum atomic E-state index is 11.8. The standard InChI is InChI=1S/C20H25N3O3/c1-19(2,3)26-18(25)23-14-8-9-15(22-13-14)17(24)20(10-6-11-20)16-7-4-5-12-21-16/h4-5,7-9,12-13,17,24H,6,10-11H2,1-3H3,(H,23,25). The van der Waals surface area contributed by atoms with Crippen molar-refractivity contribution in [2.24, 2.45) is 0 Å². The van der Waals surface area contributed by atoms with E-state index < -0.39 is 17.8 Å². The average Bonchev–Trinajstić information content (AvgIpc) is 2.53. The molecule has 0 aliphatic heterocycles. The van der Waals surface area contributed by atoms with Crippen LogP contribution in [0.3, 0.4) is 0 Å². The third-order valence-electron chi connectivity index (χ3n) is 4.66. The van der Waals surface area contributed by atoms with Gasteiger partial charge in [-0.15, -0.1) is 0 Å². The highest BCUT2D eigenvalue weighted by Gasteiger charge is 2.47. The number of hydrogen-bond donors (Lipinski definition) is 2. The molecule has 1 fully saturated rings. The van der Waals surface area contributed by atoms with E-state index in [4.69, 9.17) is 4.74 Å². The second-order valence-corrected chi connectivity index (χ2v) is 7.73. The molecule has 1 saturated carbocycles. The van der Waals surface area contributed by atoms with Gasteiger partial charge in [0.25, 0.3) is 0 Å². The molecular weight excluding hydrogens is 330 g/mol. The predicted molar refractivity (Wildman–Crippen MR) is 98.8 cm³/mol. The molecule has 2 N–H and O–H groups in total. The van der Waals surface area contributed by atoms with E-state index in [2.05, 4.69) is 15.3 Å². The van der Waals surface area contributed by atoms with E-state index in [9.17, 15) is 9.90 Å². The van der Waals surface area contributed by atoms with Crippen LogP contribution in [-0.4, -0.2) is 26.8 Å². The lowest BCUT2D eigenvalue weighted by Gasteiger charge is -2.44. The molecule has 2 heterocycles. The quantitative estimate of drug-likeness (QED) is 0.866. The van der Waals surface area contributed by atoms with Crippen molar-refractivity contribution in [1.29, 1.82) is 0 Å². The molecule has 1 aliphatic carbocycles. The van der Waals surface area contributed by atoms with Crippen molar-refractivity contribution in [2.45, 2.75) is 57.2 Å². The third kappa shape index (κ3) is 3.85. The number of hydrogen-bond acceptors (Lipinski definition) is 5. The molecule has 1 aliphatic rings. The fourth-order valence-electron chi connectivity index (χ4n) is 3.23. The normalized spacial score (nSPS) is 17.1. The molecule has 0 aromatic carbocycles. The number of carbonyl (C=O) groups is 1. The second-order valence-electron chi connectivity index (χ2n) is 7.73. The first-order chi connectivity index (χ1) is 12.3. The number of aliphatic hydroxyl groups is 1. The summed E-state index contributed by atoms with van der Waals surface area (Å²) in [4.78, 5) is 20.6. The summed E-state index contributed by atoms with van der Waals surface area (Å²) in [5, 5.41) is 13.6. The Balaban J connectivity index is 1.73. The SMILES string of the molecule is CC(C)(C)OC(=O)Nc1ccc(C(O)C2(c3ccccn3)CCC2)nc1. The largest absolute Gasteiger partial charge is 0.444 e. The van der Waals surface area contributed by atoms with Crippen molar-refractivity contribution in [3.05, 3.63) is 54.1 Å². The summed E-state index contributed by atoms with van der Waals surface area (Å²) in [5.74, 6) is 0. The molecule has 26 heavy (non-hydrogen) atoms. The van der Waals surface area contributed by atoms with Gasteiger partial charge in [-0.25, -0.2) is 4.79 Å². The van der Waals surface area contributed by atoms with Gasteiger partial charge in [-0.2, -0.15) is 0 Å². The highest BCUT2D eigenvalue weighted by atomic mass is 16.6. The van der Waals surface area contributed by atoms with Gasteiger partial charge in [0.1, 0.15) is 11.7 Å². The Kier molecular flexibility index (Phi) is 4.96. The fraction of sp³-hybridized carbons (Fsp3) is 0.450. The zero-order valence-corrected chi connectivity index (χ0v) is 15.4. The Labute approximate surface area is 153 Å². The maximum absolute atomic E-state index is 11.8. The van der Waals surface area contributed by atoms with E-state index >= 15 is 0 Å². The number of aliphatic hydroxyl groups excluding tert-OH is 1. The molecule has 2 aromatic heterocycles. The molecule has 0 radical (unpaired) electrons. The van der Waals surface area contributed by atoms with Crippen LogP contribution in [0.1, 0.15) is 57.5 Å². The molecule has 3 rings (SSSR count). The first-order valence-corrected chi connectivity index (χ1v) is 8.86. The Hall–Kier alpha value is -2.47. The first kappa shape index (κ1) is 18.3. The van der Waals surface area contributed by atoms with E-state index in [0.717, 1.165) is 25.0 Å². The maximum Gasteiger partial charge on any atom is 0.412 e. The lowest BCUT2D eigenvalue weighted by molar-refractivity contribution is 0.0210. The highest BCUT2D eigenvalue weighted by Crippen LogP contribution is 2.51. The minimum absolute atomic E-state index is 0.381. The summed E-state index contributed by atoms with van der Waals surface area (Å²) < 4.78 is 5.22. The molecule has 1 amide bonds. The summed E-state index contributed by atoms with van der Waals surface area (Å²) in [6.07, 6.45) is 4.84. The van der Waals surface area contributed by atoms with Gasteiger partial charge in [0.15, 0.2) is 0 Å². The molecule has 1 unspecified atom stereocenters. The van der Waals surface area contributed by atoms with Crippen molar-refractivity contribution in [1.82, 2.24) is 9.97 Å². The minimum atomic E-state index is -0.735. The molecule has 1 atom stereocenters. The topological polar surface area (TPSA) is 84.3 Å². The van der Waals surface area contributed by atoms with Crippen molar-refractivity contribution < 1.29 is 14.6 Å². The lowest BCUT2D eigenvalue weighted by atomic mass is 9.62. The smallest absolute Gasteiger partial charge is 0.412 e. The Morgan fingerprint density at radius 1 is 1.23 bits per heavy atom. The van der Waals surface area contributed by atoms with Crippen LogP contribution in [-0.2, 0) is 10.2 Å². The minimum Gasteiger partial charge on any atom is -0.444 e.